The quantitative estimate of drug-likeness (QED) is 0.733. The fraction of sp³-hybridized carbons (Fsp3) is 0.217. The summed E-state index contributed by atoms with van der Waals surface area (Å²) in [4.78, 5) is 33.8. The number of carbonyl (C=O) groups is 2. The summed E-state index contributed by atoms with van der Waals surface area (Å²) in [6.07, 6.45) is 2.57. The molecule has 1 atom stereocenters. The van der Waals surface area contributed by atoms with Gasteiger partial charge in [0.1, 0.15) is 5.75 Å². The molecule has 0 radical (unpaired) electrons. The summed E-state index contributed by atoms with van der Waals surface area (Å²) < 4.78 is 5.23. The van der Waals surface area contributed by atoms with Crippen molar-refractivity contribution in [2.45, 2.75) is 25.7 Å². The Labute approximate surface area is 169 Å². The van der Waals surface area contributed by atoms with Gasteiger partial charge in [-0.05, 0) is 37.0 Å². The minimum atomic E-state index is -0.361. The number of ketones is 1. The number of aryl methyl sites for hydroxylation is 1. The molecule has 3 aromatic rings. The number of hydrogen-bond acceptors (Lipinski definition) is 5. The largest absolute Gasteiger partial charge is 0.496 e. The van der Waals surface area contributed by atoms with E-state index in [1.807, 2.05) is 19.1 Å². The summed E-state index contributed by atoms with van der Waals surface area (Å²) in [5.41, 5.74) is 3.89. The third-order valence-corrected chi connectivity index (χ3v) is 5.17. The Morgan fingerprint density at radius 1 is 1.10 bits per heavy atom. The Kier molecular flexibility index (Phi) is 5.08. The molecule has 6 nitrogen and oxygen atoms in total. The lowest BCUT2D eigenvalue weighted by Gasteiger charge is -2.23. The van der Waals surface area contributed by atoms with Gasteiger partial charge in [-0.2, -0.15) is 0 Å². The zero-order chi connectivity index (χ0) is 20.4. The number of ether oxygens (including phenoxy) is 1. The Morgan fingerprint density at radius 3 is 2.62 bits per heavy atom. The highest BCUT2D eigenvalue weighted by molar-refractivity contribution is 6.05. The van der Waals surface area contributed by atoms with E-state index >= 15 is 0 Å². The van der Waals surface area contributed by atoms with Gasteiger partial charge in [-0.15, -0.1) is 0 Å². The predicted octanol–water partition coefficient (Wildman–Crippen LogP) is 3.96. The second kappa shape index (κ2) is 7.83. The van der Waals surface area contributed by atoms with Crippen LogP contribution in [0.15, 0.2) is 54.7 Å². The Morgan fingerprint density at radius 2 is 1.86 bits per heavy atom. The number of aromatic nitrogens is 2. The summed E-state index contributed by atoms with van der Waals surface area (Å²) in [6, 6.07) is 15.2. The molecular formula is C23H21N3O3. The van der Waals surface area contributed by atoms with Gasteiger partial charge >= 0.3 is 0 Å². The minimum Gasteiger partial charge on any atom is -0.496 e. The number of nitrogens with zero attached hydrogens (tertiary/aromatic N) is 2. The van der Waals surface area contributed by atoms with Gasteiger partial charge in [0, 0.05) is 12.6 Å². The predicted molar refractivity (Wildman–Crippen MR) is 110 cm³/mol. The lowest BCUT2D eigenvalue weighted by Crippen LogP contribution is -2.22. The van der Waals surface area contributed by atoms with Crippen LogP contribution in [0.1, 0.15) is 49.9 Å². The fourth-order valence-corrected chi connectivity index (χ4v) is 3.58. The Bertz CT molecular complexity index is 1080. The molecule has 0 aliphatic heterocycles. The highest BCUT2D eigenvalue weighted by Gasteiger charge is 2.28. The first kappa shape index (κ1) is 18.8. The first-order chi connectivity index (χ1) is 14.0. The van der Waals surface area contributed by atoms with Crippen LogP contribution < -0.4 is 10.1 Å². The van der Waals surface area contributed by atoms with Crippen molar-refractivity contribution < 1.29 is 14.3 Å². The van der Waals surface area contributed by atoms with E-state index < -0.39 is 0 Å². The molecule has 2 aromatic carbocycles. The number of benzene rings is 2. The van der Waals surface area contributed by atoms with Crippen LogP contribution in [0.5, 0.6) is 5.75 Å². The van der Waals surface area contributed by atoms with Crippen molar-refractivity contribution in [1.82, 2.24) is 9.97 Å². The monoisotopic (exact) mass is 387 g/mol. The van der Waals surface area contributed by atoms with Crippen LogP contribution in [0, 0.1) is 6.92 Å². The fourth-order valence-electron chi connectivity index (χ4n) is 3.58. The van der Waals surface area contributed by atoms with Crippen molar-refractivity contribution in [2.75, 3.05) is 12.4 Å². The average molecular weight is 387 g/mol. The van der Waals surface area contributed by atoms with E-state index in [1.54, 1.807) is 24.3 Å². The number of methoxy groups -OCH3 is 1. The molecule has 1 aliphatic carbocycles. The molecule has 0 saturated heterocycles. The molecule has 29 heavy (non-hydrogen) atoms. The van der Waals surface area contributed by atoms with Crippen LogP contribution in [0.2, 0.25) is 0 Å². The average Bonchev–Trinajstić information content (AvgIpc) is 2.74. The van der Waals surface area contributed by atoms with E-state index in [2.05, 4.69) is 27.4 Å². The lowest BCUT2D eigenvalue weighted by atomic mass is 9.82. The summed E-state index contributed by atoms with van der Waals surface area (Å²) in [5, 5.41) is 2.71. The Balaban J connectivity index is 1.58. The Hall–Kier alpha value is -3.54. The van der Waals surface area contributed by atoms with E-state index in [4.69, 9.17) is 4.74 Å². The maximum Gasteiger partial charge on any atom is 0.261 e. The highest BCUT2D eigenvalue weighted by Crippen LogP contribution is 2.32. The molecular weight excluding hydrogens is 366 g/mol. The van der Waals surface area contributed by atoms with E-state index in [-0.39, 0.29) is 23.6 Å². The summed E-state index contributed by atoms with van der Waals surface area (Å²) in [7, 11) is 1.51. The molecule has 0 saturated carbocycles. The topological polar surface area (TPSA) is 81.2 Å². The normalized spacial score (nSPS) is 15.5. The van der Waals surface area contributed by atoms with Crippen molar-refractivity contribution in [3.05, 3.63) is 82.7 Å². The van der Waals surface area contributed by atoms with Gasteiger partial charge in [0.15, 0.2) is 5.78 Å². The molecule has 146 valence electrons. The molecule has 4 rings (SSSR count). The minimum absolute atomic E-state index is 0.0273. The van der Waals surface area contributed by atoms with Crippen LogP contribution in [0.4, 0.5) is 5.95 Å². The standard InChI is InChI=1S/C23H21N3O3/c1-14-7-9-15(10-8-14)16-11-19-18(20(27)12-16)13-24-23(25-19)26-22(28)17-5-3-4-6-21(17)29-2/h3-10,13,16H,11-12H2,1-2H3,(H,24,25,26,28). The molecule has 1 aromatic heterocycles. The van der Waals surface area contributed by atoms with Crippen LogP contribution in [-0.4, -0.2) is 28.8 Å². The molecule has 1 heterocycles. The van der Waals surface area contributed by atoms with Crippen LogP contribution in [-0.2, 0) is 6.42 Å². The number of rotatable bonds is 4. The number of amides is 1. The maximum absolute atomic E-state index is 12.6. The van der Waals surface area contributed by atoms with Gasteiger partial charge in [0.2, 0.25) is 5.95 Å². The summed E-state index contributed by atoms with van der Waals surface area (Å²) in [6.45, 7) is 2.04. The first-order valence-electron chi connectivity index (χ1n) is 9.45. The van der Waals surface area contributed by atoms with Gasteiger partial charge in [-0.25, -0.2) is 9.97 Å². The third-order valence-electron chi connectivity index (χ3n) is 5.17. The van der Waals surface area contributed by atoms with E-state index in [0.717, 1.165) is 5.56 Å². The number of carbonyl (C=O) groups excluding carboxylic acids is 2. The second-order valence-electron chi connectivity index (χ2n) is 7.15. The van der Waals surface area contributed by atoms with Crippen LogP contribution in [0.3, 0.4) is 0 Å². The number of hydrogen-bond donors (Lipinski definition) is 1. The van der Waals surface area contributed by atoms with Gasteiger partial charge in [-0.3, -0.25) is 14.9 Å². The first-order valence-corrected chi connectivity index (χ1v) is 9.45. The molecule has 6 heteroatoms. The van der Waals surface area contributed by atoms with Gasteiger partial charge in [-0.1, -0.05) is 42.0 Å². The van der Waals surface area contributed by atoms with Gasteiger partial charge in [0.25, 0.3) is 5.91 Å². The second-order valence-corrected chi connectivity index (χ2v) is 7.15. The maximum atomic E-state index is 12.6. The molecule has 0 fully saturated rings. The van der Waals surface area contributed by atoms with E-state index in [9.17, 15) is 9.59 Å². The molecule has 1 N–H and O–H groups in total. The smallest absolute Gasteiger partial charge is 0.261 e. The molecule has 1 amide bonds. The van der Waals surface area contributed by atoms with Gasteiger partial charge in [0.05, 0.1) is 23.9 Å². The van der Waals surface area contributed by atoms with Gasteiger partial charge < -0.3 is 4.74 Å². The molecule has 0 bridgehead atoms. The number of Topliss-reactive ketones (excluding diaryl/α,β-unsaturated/α-hetero) is 1. The highest BCUT2D eigenvalue weighted by atomic mass is 16.5. The van der Waals surface area contributed by atoms with E-state index in [0.29, 0.717) is 35.4 Å². The van der Waals surface area contributed by atoms with Crippen molar-refractivity contribution in [3.63, 3.8) is 0 Å². The van der Waals surface area contributed by atoms with Crippen molar-refractivity contribution >= 4 is 17.6 Å². The summed E-state index contributed by atoms with van der Waals surface area (Å²) >= 11 is 0. The van der Waals surface area contributed by atoms with Crippen molar-refractivity contribution in [3.8, 4) is 5.75 Å². The molecule has 0 spiro atoms. The lowest BCUT2D eigenvalue weighted by molar-refractivity contribution is 0.0962. The molecule has 1 unspecified atom stereocenters. The number of anilines is 1. The van der Waals surface area contributed by atoms with Crippen molar-refractivity contribution in [2.24, 2.45) is 0 Å². The number of fused-ring (bicyclic) bond motifs is 1. The number of nitrogens with one attached hydrogen (secondary N) is 1. The zero-order valence-electron chi connectivity index (χ0n) is 16.3. The van der Waals surface area contributed by atoms with Crippen LogP contribution in [0.25, 0.3) is 0 Å². The van der Waals surface area contributed by atoms with Crippen molar-refractivity contribution in [1.29, 1.82) is 0 Å². The van der Waals surface area contributed by atoms with E-state index in [1.165, 1.54) is 18.9 Å². The SMILES string of the molecule is COc1ccccc1C(=O)Nc1ncc2c(n1)CC(c1ccc(C)cc1)CC2=O. The molecule has 1 aliphatic rings. The summed E-state index contributed by atoms with van der Waals surface area (Å²) in [5.74, 6) is 0.386. The third kappa shape index (κ3) is 3.87. The van der Waals surface area contributed by atoms with Crippen LogP contribution >= 0.6 is 0 Å². The zero-order valence-corrected chi connectivity index (χ0v) is 16.3. The number of para-hydroxylation sites is 1.